The molecule has 27 heavy (non-hydrogen) atoms. The molecule has 1 N–H and O–H groups in total. The molecule has 1 aromatic heterocycles. The van der Waals surface area contributed by atoms with Gasteiger partial charge < -0.3 is 9.73 Å². The van der Waals surface area contributed by atoms with Crippen molar-refractivity contribution in [3.8, 4) is 0 Å². The van der Waals surface area contributed by atoms with Gasteiger partial charge in [0.2, 0.25) is 0 Å². The quantitative estimate of drug-likeness (QED) is 0.595. The van der Waals surface area contributed by atoms with Crippen molar-refractivity contribution in [3.05, 3.63) is 59.2 Å². The SMILES string of the molecule is Cc1cccc2oc(SCc3cccc(C(=O)NC4CCCCC4)c3)nc12. The zero-order chi connectivity index (χ0) is 18.6. The predicted octanol–water partition coefficient (Wildman–Crippen LogP) is 5.49. The third-order valence-corrected chi connectivity index (χ3v) is 5.99. The molecule has 3 aromatic rings. The smallest absolute Gasteiger partial charge is 0.257 e. The van der Waals surface area contributed by atoms with E-state index in [4.69, 9.17) is 4.42 Å². The van der Waals surface area contributed by atoms with Gasteiger partial charge in [-0.25, -0.2) is 4.98 Å². The zero-order valence-corrected chi connectivity index (χ0v) is 16.3. The van der Waals surface area contributed by atoms with Crippen molar-refractivity contribution in [2.24, 2.45) is 0 Å². The van der Waals surface area contributed by atoms with E-state index >= 15 is 0 Å². The Labute approximate surface area is 163 Å². The molecule has 0 unspecified atom stereocenters. The van der Waals surface area contributed by atoms with Crippen LogP contribution in [0.25, 0.3) is 11.1 Å². The fourth-order valence-corrected chi connectivity index (χ4v) is 4.36. The first-order chi connectivity index (χ1) is 13.2. The Hall–Kier alpha value is -2.27. The largest absolute Gasteiger partial charge is 0.431 e. The summed E-state index contributed by atoms with van der Waals surface area (Å²) >= 11 is 1.55. The molecule has 4 rings (SSSR count). The molecule has 0 saturated heterocycles. The lowest BCUT2D eigenvalue weighted by atomic mass is 9.95. The van der Waals surface area contributed by atoms with Gasteiger partial charge in [-0.3, -0.25) is 4.79 Å². The number of benzene rings is 2. The first-order valence-electron chi connectivity index (χ1n) is 9.58. The number of oxazole rings is 1. The van der Waals surface area contributed by atoms with Crippen molar-refractivity contribution >= 4 is 28.8 Å². The molecule has 140 valence electrons. The van der Waals surface area contributed by atoms with E-state index in [0.29, 0.717) is 11.3 Å². The molecule has 1 heterocycles. The summed E-state index contributed by atoms with van der Waals surface area (Å²) in [5.74, 6) is 0.752. The van der Waals surface area contributed by atoms with Crippen LogP contribution >= 0.6 is 11.8 Å². The third kappa shape index (κ3) is 4.35. The molecule has 1 aliphatic carbocycles. The summed E-state index contributed by atoms with van der Waals surface area (Å²) in [6, 6.07) is 14.1. The number of rotatable bonds is 5. The van der Waals surface area contributed by atoms with Crippen LogP contribution in [-0.4, -0.2) is 16.9 Å². The number of thioether (sulfide) groups is 1. The van der Waals surface area contributed by atoms with E-state index in [1.165, 1.54) is 19.3 Å². The van der Waals surface area contributed by atoms with Crippen LogP contribution in [0.2, 0.25) is 0 Å². The molecule has 0 aliphatic heterocycles. The average molecular weight is 381 g/mol. The lowest BCUT2D eigenvalue weighted by Crippen LogP contribution is -2.36. The van der Waals surface area contributed by atoms with Gasteiger partial charge in [0.05, 0.1) is 0 Å². The lowest BCUT2D eigenvalue weighted by Gasteiger charge is -2.22. The number of aryl methyl sites for hydroxylation is 1. The molecule has 1 amide bonds. The van der Waals surface area contributed by atoms with Gasteiger partial charge in [-0.1, -0.05) is 55.3 Å². The molecule has 0 bridgehead atoms. The fraction of sp³-hybridized carbons (Fsp3) is 0.364. The topological polar surface area (TPSA) is 55.1 Å². The number of fused-ring (bicyclic) bond motifs is 1. The van der Waals surface area contributed by atoms with Crippen LogP contribution in [0.1, 0.15) is 53.6 Å². The summed E-state index contributed by atoms with van der Waals surface area (Å²) in [6.45, 7) is 2.04. The van der Waals surface area contributed by atoms with Crippen LogP contribution in [0.15, 0.2) is 52.1 Å². The number of amides is 1. The maximum Gasteiger partial charge on any atom is 0.257 e. The zero-order valence-electron chi connectivity index (χ0n) is 15.5. The Morgan fingerprint density at radius 2 is 2.00 bits per heavy atom. The number of hydrogen-bond acceptors (Lipinski definition) is 4. The fourth-order valence-electron chi connectivity index (χ4n) is 3.59. The van der Waals surface area contributed by atoms with Crippen LogP contribution in [0.4, 0.5) is 0 Å². The second kappa shape index (κ2) is 8.17. The summed E-state index contributed by atoms with van der Waals surface area (Å²) in [4.78, 5) is 17.1. The highest BCUT2D eigenvalue weighted by Crippen LogP contribution is 2.28. The first-order valence-corrected chi connectivity index (χ1v) is 10.6. The second-order valence-electron chi connectivity index (χ2n) is 7.20. The Balaban J connectivity index is 1.41. The number of para-hydroxylation sites is 1. The monoisotopic (exact) mass is 380 g/mol. The maximum absolute atomic E-state index is 12.5. The van der Waals surface area contributed by atoms with E-state index in [1.807, 2.05) is 49.4 Å². The van der Waals surface area contributed by atoms with Crippen molar-refractivity contribution in [1.29, 1.82) is 0 Å². The number of nitrogens with zero attached hydrogens (tertiary/aromatic N) is 1. The minimum Gasteiger partial charge on any atom is -0.431 e. The van der Waals surface area contributed by atoms with E-state index < -0.39 is 0 Å². The minimum atomic E-state index is 0.0336. The molecule has 1 aliphatic rings. The molecule has 0 radical (unpaired) electrons. The Morgan fingerprint density at radius 3 is 2.81 bits per heavy atom. The normalized spacial score (nSPS) is 15.1. The highest BCUT2D eigenvalue weighted by Gasteiger charge is 2.17. The third-order valence-electron chi connectivity index (χ3n) is 5.09. The van der Waals surface area contributed by atoms with Gasteiger partial charge in [-0.2, -0.15) is 0 Å². The molecule has 4 nitrogen and oxygen atoms in total. The summed E-state index contributed by atoms with van der Waals surface area (Å²) in [7, 11) is 0. The van der Waals surface area contributed by atoms with Crippen molar-refractivity contribution in [2.45, 2.75) is 56.0 Å². The summed E-state index contributed by atoms with van der Waals surface area (Å²) in [5.41, 5.74) is 4.67. The van der Waals surface area contributed by atoms with Gasteiger partial charge in [-0.05, 0) is 49.1 Å². The molecule has 1 fully saturated rings. The van der Waals surface area contributed by atoms with Crippen LogP contribution < -0.4 is 5.32 Å². The van der Waals surface area contributed by atoms with Crippen LogP contribution in [0, 0.1) is 6.92 Å². The summed E-state index contributed by atoms with van der Waals surface area (Å²) in [5, 5.41) is 3.85. The van der Waals surface area contributed by atoms with Crippen LogP contribution in [0.3, 0.4) is 0 Å². The number of carbonyl (C=O) groups excluding carboxylic acids is 1. The highest BCUT2D eigenvalue weighted by atomic mass is 32.2. The second-order valence-corrected chi connectivity index (χ2v) is 8.13. The highest BCUT2D eigenvalue weighted by molar-refractivity contribution is 7.98. The van der Waals surface area contributed by atoms with Gasteiger partial charge in [-0.15, -0.1) is 0 Å². The van der Waals surface area contributed by atoms with Crippen molar-refractivity contribution < 1.29 is 9.21 Å². The van der Waals surface area contributed by atoms with Gasteiger partial charge >= 0.3 is 0 Å². The van der Waals surface area contributed by atoms with Gasteiger partial charge in [0.15, 0.2) is 5.58 Å². The van der Waals surface area contributed by atoms with E-state index in [-0.39, 0.29) is 5.91 Å². The van der Waals surface area contributed by atoms with Crippen LogP contribution in [-0.2, 0) is 5.75 Å². The molecule has 2 aromatic carbocycles. The molecule has 0 spiro atoms. The standard InChI is InChI=1S/C22H24N2O2S/c1-15-7-5-12-19-20(15)24-22(26-19)27-14-16-8-6-9-17(13-16)21(25)23-18-10-3-2-4-11-18/h5-9,12-13,18H,2-4,10-11,14H2,1H3,(H,23,25). The van der Waals surface area contributed by atoms with Gasteiger partial charge in [0.1, 0.15) is 5.52 Å². The summed E-state index contributed by atoms with van der Waals surface area (Å²) < 4.78 is 5.82. The molecule has 5 heteroatoms. The first kappa shape index (κ1) is 18.1. The molecular weight excluding hydrogens is 356 g/mol. The Bertz CT molecular complexity index is 944. The molecule has 0 atom stereocenters. The van der Waals surface area contributed by atoms with E-state index in [9.17, 15) is 4.79 Å². The minimum absolute atomic E-state index is 0.0336. The average Bonchev–Trinajstić information content (AvgIpc) is 3.12. The van der Waals surface area contributed by atoms with E-state index in [2.05, 4.69) is 10.3 Å². The number of carbonyl (C=O) groups is 1. The number of nitrogens with one attached hydrogen (secondary N) is 1. The van der Waals surface area contributed by atoms with Crippen molar-refractivity contribution in [2.75, 3.05) is 0 Å². The predicted molar refractivity (Wildman–Crippen MR) is 109 cm³/mol. The number of aromatic nitrogens is 1. The van der Waals surface area contributed by atoms with E-state index in [1.54, 1.807) is 11.8 Å². The van der Waals surface area contributed by atoms with E-state index in [0.717, 1.165) is 46.4 Å². The van der Waals surface area contributed by atoms with Gasteiger partial charge in [0, 0.05) is 17.4 Å². The van der Waals surface area contributed by atoms with Crippen molar-refractivity contribution in [3.63, 3.8) is 0 Å². The number of hydrogen-bond donors (Lipinski definition) is 1. The summed E-state index contributed by atoms with van der Waals surface area (Å²) in [6.07, 6.45) is 5.91. The maximum atomic E-state index is 12.5. The molecule has 1 saturated carbocycles. The van der Waals surface area contributed by atoms with Gasteiger partial charge in [0.25, 0.3) is 11.1 Å². The Morgan fingerprint density at radius 1 is 1.19 bits per heavy atom. The van der Waals surface area contributed by atoms with Crippen LogP contribution in [0.5, 0.6) is 0 Å². The van der Waals surface area contributed by atoms with Crippen molar-refractivity contribution in [1.82, 2.24) is 10.3 Å². The Kier molecular flexibility index (Phi) is 5.48. The lowest BCUT2D eigenvalue weighted by molar-refractivity contribution is 0.0927. The molecular formula is C22H24N2O2S.